The van der Waals surface area contributed by atoms with Crippen LogP contribution in [0.25, 0.3) is 10.2 Å². The molecule has 3 N–H and O–H groups in total. The highest BCUT2D eigenvalue weighted by Gasteiger charge is 2.53. The fourth-order valence-corrected chi connectivity index (χ4v) is 6.42. The van der Waals surface area contributed by atoms with E-state index in [1.165, 1.54) is 11.3 Å². The van der Waals surface area contributed by atoms with E-state index >= 15 is 0 Å². The maximum absolute atomic E-state index is 13.6. The van der Waals surface area contributed by atoms with E-state index in [1.807, 2.05) is 32.0 Å². The van der Waals surface area contributed by atoms with Crippen molar-refractivity contribution < 1.29 is 34.4 Å². The lowest BCUT2D eigenvalue weighted by Gasteiger charge is -2.35. The number of benzene rings is 1. The second-order valence-corrected chi connectivity index (χ2v) is 12.9. The summed E-state index contributed by atoms with van der Waals surface area (Å²) in [6.45, 7) is 6.95. The van der Waals surface area contributed by atoms with Gasteiger partial charge in [0.2, 0.25) is 0 Å². The van der Waals surface area contributed by atoms with Crippen LogP contribution in [0.5, 0.6) is 0 Å². The minimum atomic E-state index is -1.33. The van der Waals surface area contributed by atoms with Gasteiger partial charge in [0.25, 0.3) is 0 Å². The largest absolute Gasteiger partial charge is 0.457 e. The molecule has 7 atom stereocenters. The number of Topliss-reactive ketones (excluding diaryl/α,β-unsaturated/α-hetero) is 1. The Hall–Kier alpha value is -2.35. The smallest absolute Gasteiger partial charge is 0.309 e. The second kappa shape index (κ2) is 11.6. The number of ether oxygens (including phenoxy) is 2. The summed E-state index contributed by atoms with van der Waals surface area (Å²) in [6.07, 6.45) is 4.83. The Morgan fingerprint density at radius 2 is 1.97 bits per heavy atom. The quantitative estimate of drug-likeness (QED) is 0.292. The molecular formula is C30H39NO7S. The van der Waals surface area contributed by atoms with Crippen molar-refractivity contribution in [1.29, 1.82) is 0 Å². The van der Waals surface area contributed by atoms with Gasteiger partial charge in [-0.1, -0.05) is 33.3 Å². The van der Waals surface area contributed by atoms with Crippen molar-refractivity contribution >= 4 is 33.3 Å². The molecule has 3 heterocycles. The monoisotopic (exact) mass is 557 g/mol. The van der Waals surface area contributed by atoms with Crippen LogP contribution in [-0.2, 0) is 25.7 Å². The summed E-state index contributed by atoms with van der Waals surface area (Å²) in [4.78, 5) is 31.2. The average molecular weight is 558 g/mol. The van der Waals surface area contributed by atoms with Gasteiger partial charge in [-0.25, -0.2) is 4.98 Å². The summed E-state index contributed by atoms with van der Waals surface area (Å²) >= 11 is 1.40. The standard InChI is InChI=1S/C30H39NO7S/c1-6-8-19-27(35)17(2)9-7-12-30(5)24(38-30)14-21(37-26(34)15-23(33)29(3,4)28(19)36)18-10-11-22-20(13-18)31-25(16-32)39-22/h1,10-11,13,17,19,21,23-24,27,32-33,35H,7-9,12,14-16H2,2-5H3/t17-,19+,21-,23-,24-,27-,30+/m0/s1. The van der Waals surface area contributed by atoms with Gasteiger partial charge in [0.15, 0.2) is 0 Å². The first kappa shape index (κ1) is 29.6. The number of carbonyl (C=O) groups excluding carboxylic acids is 2. The van der Waals surface area contributed by atoms with Crippen molar-refractivity contribution in [2.75, 3.05) is 0 Å². The zero-order valence-corrected chi connectivity index (χ0v) is 23.9. The molecule has 0 unspecified atom stereocenters. The minimum Gasteiger partial charge on any atom is -0.457 e. The Labute approximate surface area is 233 Å². The number of cyclic esters (lactones) is 1. The maximum atomic E-state index is 13.6. The molecule has 8 nitrogen and oxygen atoms in total. The van der Waals surface area contributed by atoms with E-state index < -0.39 is 35.6 Å². The normalized spacial score (nSPS) is 34.2. The predicted octanol–water partition coefficient (Wildman–Crippen LogP) is 4.09. The number of aliphatic hydroxyl groups is 3. The summed E-state index contributed by atoms with van der Waals surface area (Å²) in [7, 11) is 0. The third-order valence-corrected chi connectivity index (χ3v) is 9.55. The molecule has 4 rings (SSSR count). The lowest BCUT2D eigenvalue weighted by molar-refractivity contribution is -0.156. The zero-order chi connectivity index (χ0) is 28.5. The summed E-state index contributed by atoms with van der Waals surface area (Å²) in [5.41, 5.74) is -0.244. The van der Waals surface area contributed by atoms with Crippen LogP contribution >= 0.6 is 11.3 Å². The number of hydrogen-bond acceptors (Lipinski definition) is 9. The van der Waals surface area contributed by atoms with Crippen molar-refractivity contribution in [2.24, 2.45) is 17.3 Å². The number of rotatable bonds is 3. The molecule has 9 heteroatoms. The molecule has 0 saturated carbocycles. The topological polar surface area (TPSA) is 129 Å². The summed E-state index contributed by atoms with van der Waals surface area (Å²) in [6, 6.07) is 5.64. The number of aliphatic hydroxyl groups excluding tert-OH is 3. The number of carbonyl (C=O) groups is 2. The van der Waals surface area contributed by atoms with Gasteiger partial charge in [-0.2, -0.15) is 0 Å². The molecule has 2 fully saturated rings. The molecule has 1 aromatic heterocycles. The van der Waals surface area contributed by atoms with E-state index in [1.54, 1.807) is 13.8 Å². The number of thiazole rings is 1. The Balaban J connectivity index is 1.63. The zero-order valence-electron chi connectivity index (χ0n) is 23.1. The van der Waals surface area contributed by atoms with Crippen molar-refractivity contribution in [3.63, 3.8) is 0 Å². The molecule has 0 aliphatic carbocycles. The van der Waals surface area contributed by atoms with Crippen molar-refractivity contribution in [2.45, 2.75) is 103 Å². The molecule has 212 valence electrons. The van der Waals surface area contributed by atoms with Gasteiger partial charge in [-0.15, -0.1) is 23.7 Å². The molecule has 0 radical (unpaired) electrons. The molecule has 0 bridgehead atoms. The number of fused-ring (bicyclic) bond motifs is 2. The van der Waals surface area contributed by atoms with Crippen LogP contribution in [0.3, 0.4) is 0 Å². The van der Waals surface area contributed by atoms with Crippen LogP contribution in [0.15, 0.2) is 18.2 Å². The minimum absolute atomic E-state index is 0.0486. The first-order chi connectivity index (χ1) is 18.4. The van der Waals surface area contributed by atoms with Gasteiger partial charge in [0, 0.05) is 12.8 Å². The number of ketones is 1. The molecular weight excluding hydrogens is 518 g/mol. The van der Waals surface area contributed by atoms with Crippen LogP contribution in [0.1, 0.15) is 82.9 Å². The Morgan fingerprint density at radius 1 is 1.23 bits per heavy atom. The van der Waals surface area contributed by atoms with E-state index in [2.05, 4.69) is 10.9 Å². The molecule has 1 aromatic carbocycles. The maximum Gasteiger partial charge on any atom is 0.309 e. The van der Waals surface area contributed by atoms with Crippen LogP contribution in [0.4, 0.5) is 0 Å². The summed E-state index contributed by atoms with van der Waals surface area (Å²) in [5.74, 6) is 0.470. The van der Waals surface area contributed by atoms with Crippen LogP contribution in [0, 0.1) is 29.6 Å². The molecule has 39 heavy (non-hydrogen) atoms. The van der Waals surface area contributed by atoms with E-state index in [4.69, 9.17) is 15.9 Å². The lowest BCUT2D eigenvalue weighted by Crippen LogP contribution is -2.46. The molecule has 2 saturated heterocycles. The molecule has 0 spiro atoms. The number of aromatic nitrogens is 1. The van der Waals surface area contributed by atoms with Gasteiger partial charge in [-0.05, 0) is 43.4 Å². The number of terminal acetylenes is 1. The summed E-state index contributed by atoms with van der Waals surface area (Å²) < 4.78 is 12.9. The van der Waals surface area contributed by atoms with E-state index in [0.29, 0.717) is 23.4 Å². The SMILES string of the molecule is C#CC[C@H]1C(=O)C(C)(C)[C@@H](O)CC(=O)O[C@H](c2ccc3sc(CO)nc3c2)C[C@@H]2O[C@]2(C)CCC[C@H](C)[C@@H]1O. The Morgan fingerprint density at radius 3 is 2.67 bits per heavy atom. The van der Waals surface area contributed by atoms with Gasteiger partial charge in [-0.3, -0.25) is 9.59 Å². The Kier molecular flexibility index (Phi) is 8.84. The van der Waals surface area contributed by atoms with Gasteiger partial charge < -0.3 is 24.8 Å². The van der Waals surface area contributed by atoms with E-state index in [-0.39, 0.29) is 42.9 Å². The van der Waals surface area contributed by atoms with Crippen LogP contribution in [0.2, 0.25) is 0 Å². The van der Waals surface area contributed by atoms with Gasteiger partial charge in [0.05, 0.1) is 58.5 Å². The number of epoxide rings is 1. The van der Waals surface area contributed by atoms with E-state index in [9.17, 15) is 24.9 Å². The fourth-order valence-electron chi connectivity index (χ4n) is 5.61. The molecule has 2 aliphatic heterocycles. The number of nitrogens with zero attached hydrogens (tertiary/aromatic N) is 1. The average Bonchev–Trinajstić information content (AvgIpc) is 3.33. The molecule has 2 aromatic rings. The highest BCUT2D eigenvalue weighted by atomic mass is 32.1. The molecule has 0 amide bonds. The first-order valence-corrected chi connectivity index (χ1v) is 14.4. The predicted molar refractivity (Wildman–Crippen MR) is 148 cm³/mol. The first-order valence-electron chi connectivity index (χ1n) is 13.6. The lowest BCUT2D eigenvalue weighted by atomic mass is 9.71. The summed E-state index contributed by atoms with van der Waals surface area (Å²) in [5, 5.41) is 32.2. The highest BCUT2D eigenvalue weighted by molar-refractivity contribution is 7.18. The van der Waals surface area contributed by atoms with Crippen molar-refractivity contribution in [3.8, 4) is 12.3 Å². The fraction of sp³-hybridized carbons (Fsp3) is 0.633. The highest BCUT2D eigenvalue weighted by Crippen LogP contribution is 2.47. The Bertz CT molecular complexity index is 1250. The number of esters is 1. The van der Waals surface area contributed by atoms with Crippen LogP contribution in [-0.4, -0.2) is 56.0 Å². The van der Waals surface area contributed by atoms with Gasteiger partial charge >= 0.3 is 5.97 Å². The van der Waals surface area contributed by atoms with Crippen LogP contribution < -0.4 is 0 Å². The number of hydrogen-bond donors (Lipinski definition) is 3. The van der Waals surface area contributed by atoms with E-state index in [0.717, 1.165) is 23.1 Å². The second-order valence-electron chi connectivity index (χ2n) is 11.8. The van der Waals surface area contributed by atoms with Crippen molar-refractivity contribution in [1.82, 2.24) is 4.98 Å². The van der Waals surface area contributed by atoms with Gasteiger partial charge in [0.1, 0.15) is 16.9 Å². The van der Waals surface area contributed by atoms with Crippen molar-refractivity contribution in [3.05, 3.63) is 28.8 Å². The molecule has 2 aliphatic rings. The third kappa shape index (κ3) is 6.36. The third-order valence-electron chi connectivity index (χ3n) is 8.53.